The van der Waals surface area contributed by atoms with Gasteiger partial charge in [0.25, 0.3) is 0 Å². The third-order valence-electron chi connectivity index (χ3n) is 5.81. The molecule has 0 amide bonds. The molecule has 2 heterocycles. The van der Waals surface area contributed by atoms with Crippen LogP contribution in [0.5, 0.6) is 0 Å². The second-order valence-corrected chi connectivity index (χ2v) is 11.7. The molecule has 0 aliphatic rings. The predicted octanol–water partition coefficient (Wildman–Crippen LogP) is 7.50. The zero-order chi connectivity index (χ0) is 24.8. The summed E-state index contributed by atoms with van der Waals surface area (Å²) >= 11 is 0. The molecule has 0 saturated carbocycles. The summed E-state index contributed by atoms with van der Waals surface area (Å²) in [4.78, 5) is 4.79. The monoisotopic (exact) mass is 484 g/mol. The number of benzene rings is 2. The molecule has 0 fully saturated rings. The fourth-order valence-corrected chi connectivity index (χ4v) is 4.81. The molecule has 1 unspecified atom stereocenters. The fraction of sp³-hybridized carbons (Fsp3) is 0.296. The van der Waals surface area contributed by atoms with Gasteiger partial charge in [0, 0.05) is 21.9 Å². The van der Waals surface area contributed by atoms with Gasteiger partial charge < -0.3 is 0 Å². The van der Waals surface area contributed by atoms with Gasteiger partial charge in [0.15, 0.2) is 0 Å². The molecule has 4 aromatic rings. The summed E-state index contributed by atoms with van der Waals surface area (Å²) < 4.78 is 55.8. The van der Waals surface area contributed by atoms with Crippen molar-refractivity contribution in [2.45, 2.75) is 56.4 Å². The van der Waals surface area contributed by atoms with E-state index in [0.717, 1.165) is 11.6 Å². The van der Waals surface area contributed by atoms with E-state index in [0.29, 0.717) is 27.3 Å². The first-order chi connectivity index (χ1) is 15.9. The van der Waals surface area contributed by atoms with Crippen molar-refractivity contribution in [3.8, 4) is 22.4 Å². The third-order valence-corrected chi connectivity index (χ3v) is 7.40. The van der Waals surface area contributed by atoms with Crippen molar-refractivity contribution < 1.29 is 17.4 Å². The van der Waals surface area contributed by atoms with E-state index < -0.39 is 22.5 Å². The highest BCUT2D eigenvalue weighted by atomic mass is 32.2. The van der Waals surface area contributed by atoms with Gasteiger partial charge in [-0.3, -0.25) is 8.61 Å². The fourth-order valence-electron chi connectivity index (χ4n) is 3.86. The van der Waals surface area contributed by atoms with Crippen LogP contribution in [0.15, 0.2) is 71.9 Å². The van der Waals surface area contributed by atoms with Crippen molar-refractivity contribution >= 4 is 16.4 Å². The van der Waals surface area contributed by atoms with Crippen LogP contribution in [0.4, 0.5) is 13.2 Å². The maximum atomic E-state index is 14.0. The standard InChI is InChI=1S/C27H27F3N2OS/c1-17(2)34(33)22-12-8-19(9-13-22)24-15-31-25-23(27(28,29)30)14-20(16-32(24)25)18-6-10-21(11-7-18)26(3,4)5/h6-17H,1-5H3. The lowest BCUT2D eigenvalue weighted by atomic mass is 9.86. The van der Waals surface area contributed by atoms with Gasteiger partial charge in [-0.1, -0.05) is 71.0 Å². The lowest BCUT2D eigenvalue weighted by Crippen LogP contribution is -2.10. The number of nitrogens with zero attached hydrogens (tertiary/aromatic N) is 2. The van der Waals surface area contributed by atoms with E-state index >= 15 is 0 Å². The molecule has 7 heteroatoms. The highest BCUT2D eigenvalue weighted by Gasteiger charge is 2.35. The number of hydrogen-bond acceptors (Lipinski definition) is 2. The number of alkyl halides is 3. The SMILES string of the molecule is CC(C)S(=O)c1ccc(-c2cnc3c(C(F)(F)F)cc(-c4ccc(C(C)(C)C)cc4)cn23)cc1. The molecule has 0 aliphatic carbocycles. The van der Waals surface area contributed by atoms with Crippen LogP contribution in [-0.2, 0) is 22.4 Å². The first kappa shape index (κ1) is 24.2. The number of imidazole rings is 1. The Hall–Kier alpha value is -2.93. The van der Waals surface area contributed by atoms with Crippen molar-refractivity contribution in [1.82, 2.24) is 9.38 Å². The average molecular weight is 485 g/mol. The van der Waals surface area contributed by atoms with Crippen LogP contribution in [0.3, 0.4) is 0 Å². The van der Waals surface area contributed by atoms with E-state index in [4.69, 9.17) is 0 Å². The smallest absolute Gasteiger partial charge is 0.299 e. The number of pyridine rings is 1. The maximum absolute atomic E-state index is 14.0. The van der Waals surface area contributed by atoms with Crippen LogP contribution >= 0.6 is 0 Å². The molecular weight excluding hydrogens is 457 g/mol. The van der Waals surface area contributed by atoms with Gasteiger partial charge in [-0.15, -0.1) is 0 Å². The quantitative estimate of drug-likeness (QED) is 0.301. The average Bonchev–Trinajstić information content (AvgIpc) is 3.20. The number of hydrogen-bond donors (Lipinski definition) is 0. The summed E-state index contributed by atoms with van der Waals surface area (Å²) in [6.07, 6.45) is -1.41. The second-order valence-electron chi connectivity index (χ2n) is 9.68. The summed E-state index contributed by atoms with van der Waals surface area (Å²) in [6, 6.07) is 15.8. The summed E-state index contributed by atoms with van der Waals surface area (Å²) in [5, 5.41) is -0.0248. The topological polar surface area (TPSA) is 34.4 Å². The van der Waals surface area contributed by atoms with E-state index in [-0.39, 0.29) is 16.3 Å². The Bertz CT molecular complexity index is 1350. The molecule has 0 bridgehead atoms. The molecule has 0 N–H and O–H groups in total. The molecule has 0 aliphatic heterocycles. The number of halogens is 3. The van der Waals surface area contributed by atoms with Crippen molar-refractivity contribution in [3.63, 3.8) is 0 Å². The Labute approximate surface area is 200 Å². The van der Waals surface area contributed by atoms with Crippen molar-refractivity contribution in [2.75, 3.05) is 0 Å². The van der Waals surface area contributed by atoms with Gasteiger partial charge in [0.2, 0.25) is 0 Å². The molecular formula is C27H27F3N2OS. The summed E-state index contributed by atoms with van der Waals surface area (Å²) in [5.74, 6) is 0. The normalized spacial score (nSPS) is 13.6. The van der Waals surface area contributed by atoms with Crippen LogP contribution in [0.2, 0.25) is 0 Å². The molecule has 2 aromatic carbocycles. The molecule has 0 radical (unpaired) electrons. The van der Waals surface area contributed by atoms with Gasteiger partial charge in [-0.25, -0.2) is 4.98 Å². The van der Waals surface area contributed by atoms with Crippen molar-refractivity contribution in [1.29, 1.82) is 0 Å². The first-order valence-corrected chi connectivity index (χ1v) is 12.3. The number of fused-ring (bicyclic) bond motifs is 1. The molecule has 4 rings (SSSR count). The zero-order valence-electron chi connectivity index (χ0n) is 19.8. The van der Waals surface area contributed by atoms with Gasteiger partial charge in [-0.2, -0.15) is 13.2 Å². The van der Waals surface area contributed by atoms with Gasteiger partial charge in [0.05, 0.1) is 28.3 Å². The minimum Gasteiger partial charge on any atom is -0.299 e. The molecule has 0 spiro atoms. The molecule has 34 heavy (non-hydrogen) atoms. The molecule has 3 nitrogen and oxygen atoms in total. The van der Waals surface area contributed by atoms with Crippen LogP contribution in [0, 0.1) is 0 Å². The Kier molecular flexibility index (Phi) is 6.19. The lowest BCUT2D eigenvalue weighted by Gasteiger charge is -2.19. The number of aromatic nitrogens is 2. The minimum atomic E-state index is -4.55. The summed E-state index contributed by atoms with van der Waals surface area (Å²) in [7, 11) is -1.14. The van der Waals surface area contributed by atoms with E-state index in [1.807, 2.05) is 38.1 Å². The Morgan fingerprint density at radius 1 is 0.882 bits per heavy atom. The van der Waals surface area contributed by atoms with Crippen molar-refractivity contribution in [2.24, 2.45) is 0 Å². The number of rotatable bonds is 4. The Balaban J connectivity index is 1.86. The van der Waals surface area contributed by atoms with Crippen molar-refractivity contribution in [3.05, 3.63) is 78.1 Å². The molecule has 178 valence electrons. The van der Waals surface area contributed by atoms with E-state index in [2.05, 4.69) is 25.8 Å². The molecule has 1 atom stereocenters. The van der Waals surface area contributed by atoms with Gasteiger partial charge in [0.1, 0.15) is 5.65 Å². The Morgan fingerprint density at radius 3 is 2.00 bits per heavy atom. The highest BCUT2D eigenvalue weighted by molar-refractivity contribution is 7.85. The predicted molar refractivity (Wildman–Crippen MR) is 131 cm³/mol. The summed E-state index contributed by atoms with van der Waals surface area (Å²) in [5.41, 5.74) is 2.51. The second kappa shape index (κ2) is 8.69. The van der Waals surface area contributed by atoms with E-state index in [9.17, 15) is 17.4 Å². The summed E-state index contributed by atoms with van der Waals surface area (Å²) in [6.45, 7) is 10.0. The minimum absolute atomic E-state index is 0.0248. The largest absolute Gasteiger partial charge is 0.420 e. The van der Waals surface area contributed by atoms with Gasteiger partial charge >= 0.3 is 6.18 Å². The zero-order valence-corrected chi connectivity index (χ0v) is 20.6. The molecule has 2 aromatic heterocycles. The van der Waals surface area contributed by atoms with Crippen LogP contribution < -0.4 is 0 Å². The van der Waals surface area contributed by atoms with Crippen LogP contribution in [0.25, 0.3) is 28.0 Å². The highest BCUT2D eigenvalue weighted by Crippen LogP contribution is 2.37. The maximum Gasteiger partial charge on any atom is 0.420 e. The van der Waals surface area contributed by atoms with E-state index in [1.165, 1.54) is 10.6 Å². The van der Waals surface area contributed by atoms with E-state index in [1.54, 1.807) is 30.5 Å². The molecule has 0 saturated heterocycles. The lowest BCUT2D eigenvalue weighted by molar-refractivity contribution is -0.136. The van der Waals surface area contributed by atoms with Crippen LogP contribution in [0.1, 0.15) is 45.7 Å². The van der Waals surface area contributed by atoms with Gasteiger partial charge in [-0.05, 0) is 40.3 Å². The third kappa shape index (κ3) is 4.67. The van der Waals surface area contributed by atoms with Crippen LogP contribution in [-0.4, -0.2) is 18.8 Å². The first-order valence-electron chi connectivity index (χ1n) is 11.1. The Morgan fingerprint density at radius 2 is 1.47 bits per heavy atom.